The van der Waals surface area contributed by atoms with Gasteiger partial charge in [0.25, 0.3) is 11.6 Å². The van der Waals surface area contributed by atoms with E-state index in [1.165, 1.54) is 49.6 Å². The van der Waals surface area contributed by atoms with Crippen molar-refractivity contribution in [3.63, 3.8) is 0 Å². The highest BCUT2D eigenvalue weighted by atomic mass is 16.6. The summed E-state index contributed by atoms with van der Waals surface area (Å²) >= 11 is 0. The fourth-order valence-electron chi connectivity index (χ4n) is 2.97. The highest BCUT2D eigenvalue weighted by Crippen LogP contribution is 2.36. The standard InChI is InChI=1S/C24H16N4O8/c1-35-24(30)15-6-8-18(9-7-15)26-23(29)17(14-25)12-16-4-2-3-5-21(16)36-22-11-10-19(27(31)32)13-20(22)28(33)34/h2-13H,1H3,(H,26,29)/b17-12+. The first-order valence-electron chi connectivity index (χ1n) is 10.0. The summed E-state index contributed by atoms with van der Waals surface area (Å²) < 4.78 is 10.2. The second-order valence-electron chi connectivity index (χ2n) is 7.00. The van der Waals surface area contributed by atoms with E-state index >= 15 is 0 Å². The van der Waals surface area contributed by atoms with Gasteiger partial charge in [-0.1, -0.05) is 18.2 Å². The number of esters is 1. The van der Waals surface area contributed by atoms with Crippen molar-refractivity contribution in [2.45, 2.75) is 0 Å². The van der Waals surface area contributed by atoms with Gasteiger partial charge in [-0.15, -0.1) is 0 Å². The number of benzene rings is 3. The molecule has 0 aromatic heterocycles. The second kappa shape index (κ2) is 11.0. The Kier molecular flexibility index (Phi) is 7.68. The molecule has 0 aliphatic heterocycles. The first kappa shape index (κ1) is 25.1. The van der Waals surface area contributed by atoms with Crippen molar-refractivity contribution in [1.29, 1.82) is 5.26 Å². The zero-order valence-electron chi connectivity index (χ0n) is 18.5. The summed E-state index contributed by atoms with van der Waals surface area (Å²) in [6.45, 7) is 0. The van der Waals surface area contributed by atoms with E-state index < -0.39 is 33.1 Å². The maximum atomic E-state index is 12.6. The third-order valence-corrected chi connectivity index (χ3v) is 4.72. The van der Waals surface area contributed by atoms with E-state index in [1.807, 2.05) is 0 Å². The van der Waals surface area contributed by atoms with Gasteiger partial charge in [0.05, 0.1) is 28.6 Å². The highest BCUT2D eigenvalue weighted by molar-refractivity contribution is 6.10. The topological polar surface area (TPSA) is 175 Å². The SMILES string of the molecule is COC(=O)c1ccc(NC(=O)/C(C#N)=C/c2ccccc2Oc2ccc([N+](=O)[O-])cc2[N+](=O)[O-])cc1. The van der Waals surface area contributed by atoms with E-state index in [-0.39, 0.29) is 28.2 Å². The van der Waals surface area contributed by atoms with Crippen LogP contribution >= 0.6 is 0 Å². The average molecular weight is 488 g/mol. The number of amides is 1. The predicted octanol–water partition coefficient (Wildman–Crippen LogP) is 4.63. The molecule has 0 spiro atoms. The van der Waals surface area contributed by atoms with Crippen LogP contribution in [0.5, 0.6) is 11.5 Å². The Morgan fingerprint density at radius 1 is 0.972 bits per heavy atom. The van der Waals surface area contributed by atoms with Crippen molar-refractivity contribution in [3.05, 3.63) is 104 Å². The van der Waals surface area contributed by atoms with Crippen LogP contribution in [0.1, 0.15) is 15.9 Å². The fourth-order valence-corrected chi connectivity index (χ4v) is 2.97. The number of carbonyl (C=O) groups excluding carboxylic acids is 2. The van der Waals surface area contributed by atoms with E-state index in [4.69, 9.17) is 4.74 Å². The summed E-state index contributed by atoms with van der Waals surface area (Å²) in [5.74, 6) is -1.49. The number of nitrogens with zero attached hydrogens (tertiary/aromatic N) is 3. The zero-order valence-corrected chi connectivity index (χ0v) is 18.5. The third-order valence-electron chi connectivity index (χ3n) is 4.72. The first-order chi connectivity index (χ1) is 17.2. The number of non-ortho nitro benzene ring substituents is 1. The smallest absolute Gasteiger partial charge is 0.337 e. The molecule has 0 aliphatic carbocycles. The van der Waals surface area contributed by atoms with Gasteiger partial charge >= 0.3 is 11.7 Å². The summed E-state index contributed by atoms with van der Waals surface area (Å²) in [6.07, 6.45) is 1.23. The summed E-state index contributed by atoms with van der Waals surface area (Å²) in [5, 5.41) is 34.4. The quantitative estimate of drug-likeness (QED) is 0.156. The summed E-state index contributed by atoms with van der Waals surface area (Å²) in [7, 11) is 1.24. The largest absolute Gasteiger partial charge is 0.465 e. The van der Waals surface area contributed by atoms with Crippen LogP contribution in [0.15, 0.2) is 72.3 Å². The van der Waals surface area contributed by atoms with Gasteiger partial charge in [-0.3, -0.25) is 25.0 Å². The fraction of sp³-hybridized carbons (Fsp3) is 0.0417. The van der Waals surface area contributed by atoms with Gasteiger partial charge in [0, 0.05) is 17.3 Å². The molecular weight excluding hydrogens is 472 g/mol. The number of ether oxygens (including phenoxy) is 2. The summed E-state index contributed by atoms with van der Waals surface area (Å²) in [6, 6.07) is 16.6. The molecule has 12 heteroatoms. The molecule has 1 amide bonds. The van der Waals surface area contributed by atoms with Gasteiger partial charge in [0.15, 0.2) is 0 Å². The molecule has 0 heterocycles. The number of nitriles is 1. The number of carbonyl (C=O) groups is 2. The van der Waals surface area contributed by atoms with Gasteiger partial charge in [-0.05, 0) is 42.5 Å². The van der Waals surface area contributed by atoms with Crippen molar-refractivity contribution in [2.24, 2.45) is 0 Å². The van der Waals surface area contributed by atoms with E-state index in [0.717, 1.165) is 18.2 Å². The summed E-state index contributed by atoms with van der Waals surface area (Å²) in [4.78, 5) is 45.0. The zero-order chi connectivity index (χ0) is 26.2. The molecule has 0 unspecified atom stereocenters. The minimum Gasteiger partial charge on any atom is -0.465 e. The Hall–Kier alpha value is -5.57. The monoisotopic (exact) mass is 488 g/mol. The molecule has 0 aliphatic rings. The van der Waals surface area contributed by atoms with Crippen molar-refractivity contribution < 1.29 is 28.9 Å². The maximum Gasteiger partial charge on any atom is 0.337 e. The van der Waals surface area contributed by atoms with E-state index in [0.29, 0.717) is 5.69 Å². The van der Waals surface area contributed by atoms with Crippen LogP contribution < -0.4 is 10.1 Å². The van der Waals surface area contributed by atoms with Crippen LogP contribution in [0.3, 0.4) is 0 Å². The van der Waals surface area contributed by atoms with Gasteiger partial charge in [0.2, 0.25) is 5.75 Å². The lowest BCUT2D eigenvalue weighted by molar-refractivity contribution is -0.394. The molecule has 0 saturated carbocycles. The second-order valence-corrected chi connectivity index (χ2v) is 7.00. The Labute approximate surface area is 203 Å². The normalized spacial score (nSPS) is 10.6. The van der Waals surface area contributed by atoms with Crippen LogP contribution in [0.25, 0.3) is 6.08 Å². The van der Waals surface area contributed by atoms with Crippen LogP contribution in [0.2, 0.25) is 0 Å². The molecule has 0 atom stereocenters. The lowest BCUT2D eigenvalue weighted by Crippen LogP contribution is -2.13. The molecule has 0 fully saturated rings. The molecule has 0 radical (unpaired) electrons. The molecule has 0 saturated heterocycles. The molecule has 3 aromatic carbocycles. The number of nitro benzene ring substituents is 2. The Morgan fingerprint density at radius 3 is 2.28 bits per heavy atom. The molecule has 12 nitrogen and oxygen atoms in total. The van der Waals surface area contributed by atoms with Crippen molar-refractivity contribution in [2.75, 3.05) is 12.4 Å². The lowest BCUT2D eigenvalue weighted by atomic mass is 10.1. The van der Waals surface area contributed by atoms with E-state index in [9.17, 15) is 35.1 Å². The minimum atomic E-state index is -0.819. The minimum absolute atomic E-state index is 0.0671. The number of nitro groups is 2. The number of rotatable bonds is 8. The maximum absolute atomic E-state index is 12.6. The molecule has 1 N–H and O–H groups in total. The third kappa shape index (κ3) is 5.86. The number of nitrogens with one attached hydrogen (secondary N) is 1. The highest BCUT2D eigenvalue weighted by Gasteiger charge is 2.22. The predicted molar refractivity (Wildman–Crippen MR) is 126 cm³/mol. The number of para-hydroxylation sites is 1. The number of hydrogen-bond donors (Lipinski definition) is 1. The van der Waals surface area contributed by atoms with Gasteiger partial charge in [0.1, 0.15) is 17.4 Å². The van der Waals surface area contributed by atoms with Crippen LogP contribution in [-0.4, -0.2) is 28.8 Å². The Bertz CT molecular complexity index is 1420. The lowest BCUT2D eigenvalue weighted by Gasteiger charge is -2.10. The Balaban J connectivity index is 1.88. The molecule has 0 bridgehead atoms. The molecule has 36 heavy (non-hydrogen) atoms. The average Bonchev–Trinajstić information content (AvgIpc) is 2.87. The van der Waals surface area contributed by atoms with Crippen molar-refractivity contribution in [3.8, 4) is 17.6 Å². The van der Waals surface area contributed by atoms with Crippen molar-refractivity contribution in [1.82, 2.24) is 0 Å². The van der Waals surface area contributed by atoms with Gasteiger partial charge in [-0.2, -0.15) is 5.26 Å². The van der Waals surface area contributed by atoms with Crippen LogP contribution in [-0.2, 0) is 9.53 Å². The van der Waals surface area contributed by atoms with Gasteiger partial charge in [-0.25, -0.2) is 4.79 Å². The van der Waals surface area contributed by atoms with E-state index in [1.54, 1.807) is 18.2 Å². The van der Waals surface area contributed by atoms with Crippen LogP contribution in [0, 0.1) is 31.6 Å². The van der Waals surface area contributed by atoms with E-state index in [2.05, 4.69) is 10.1 Å². The number of anilines is 1. The number of hydrogen-bond acceptors (Lipinski definition) is 9. The number of methoxy groups -OCH3 is 1. The molecule has 3 aromatic rings. The van der Waals surface area contributed by atoms with Crippen LogP contribution in [0.4, 0.5) is 17.1 Å². The molecule has 180 valence electrons. The Morgan fingerprint density at radius 2 is 1.67 bits per heavy atom. The van der Waals surface area contributed by atoms with Crippen molar-refractivity contribution >= 4 is 35.0 Å². The molecular formula is C24H16N4O8. The summed E-state index contributed by atoms with van der Waals surface area (Å²) in [5.41, 5.74) is -0.570. The molecule has 3 rings (SSSR count). The van der Waals surface area contributed by atoms with Gasteiger partial charge < -0.3 is 14.8 Å². The first-order valence-corrected chi connectivity index (χ1v) is 10.0.